The van der Waals surface area contributed by atoms with Gasteiger partial charge >= 0.3 is 0 Å². The maximum Gasteiger partial charge on any atom is 0.257 e. The van der Waals surface area contributed by atoms with Crippen molar-refractivity contribution in [2.75, 3.05) is 24.3 Å². The molecule has 3 aromatic rings. The maximum atomic E-state index is 12.5. The molecule has 0 aliphatic rings. The average Bonchev–Trinajstić information content (AvgIpc) is 2.70. The number of carbonyl (C=O) groups excluding carboxylic acids is 1. The quantitative estimate of drug-likeness (QED) is 0.658. The number of methoxy groups -OCH3 is 1. The van der Waals surface area contributed by atoms with Crippen LogP contribution in [0.2, 0.25) is 0 Å². The van der Waals surface area contributed by atoms with Gasteiger partial charge in [-0.25, -0.2) is 0 Å². The minimum absolute atomic E-state index is 0.176. The summed E-state index contributed by atoms with van der Waals surface area (Å²) in [5, 5.41) is 6.24. The van der Waals surface area contributed by atoms with E-state index in [2.05, 4.69) is 15.6 Å². The Kier molecular flexibility index (Phi) is 6.05. The second-order valence-electron chi connectivity index (χ2n) is 6.22. The molecule has 0 spiro atoms. The summed E-state index contributed by atoms with van der Waals surface area (Å²) in [5.41, 5.74) is 4.28. The number of aromatic nitrogens is 1. The van der Waals surface area contributed by atoms with Crippen LogP contribution in [0, 0.1) is 6.92 Å². The number of anilines is 2. The van der Waals surface area contributed by atoms with E-state index in [0.29, 0.717) is 12.1 Å². The Morgan fingerprint density at radius 1 is 1.07 bits per heavy atom. The van der Waals surface area contributed by atoms with Gasteiger partial charge in [0.15, 0.2) is 0 Å². The zero-order valence-corrected chi connectivity index (χ0v) is 15.5. The van der Waals surface area contributed by atoms with E-state index in [1.807, 2.05) is 61.5 Å². The third kappa shape index (κ3) is 4.85. The van der Waals surface area contributed by atoms with E-state index >= 15 is 0 Å². The van der Waals surface area contributed by atoms with Crippen LogP contribution in [0.3, 0.4) is 0 Å². The van der Waals surface area contributed by atoms with Crippen LogP contribution in [0.5, 0.6) is 5.75 Å². The first-order valence-corrected chi connectivity index (χ1v) is 8.85. The first-order valence-electron chi connectivity index (χ1n) is 8.85. The lowest BCUT2D eigenvalue weighted by Gasteiger charge is -2.11. The monoisotopic (exact) mass is 361 g/mol. The summed E-state index contributed by atoms with van der Waals surface area (Å²) in [6, 6.07) is 17.4. The Balaban J connectivity index is 1.62. The fourth-order valence-corrected chi connectivity index (χ4v) is 2.82. The lowest BCUT2D eigenvalue weighted by molar-refractivity contribution is 0.102. The zero-order valence-electron chi connectivity index (χ0n) is 15.5. The van der Waals surface area contributed by atoms with Gasteiger partial charge in [0.05, 0.1) is 18.4 Å². The lowest BCUT2D eigenvalue weighted by Crippen LogP contribution is -2.14. The van der Waals surface area contributed by atoms with Crippen molar-refractivity contribution >= 4 is 17.3 Å². The molecule has 0 saturated carbocycles. The minimum Gasteiger partial charge on any atom is -0.496 e. The number of carbonyl (C=O) groups is 1. The molecule has 0 fully saturated rings. The number of aryl methyl sites for hydroxylation is 1. The van der Waals surface area contributed by atoms with Crippen molar-refractivity contribution in [1.82, 2.24) is 4.98 Å². The number of amides is 1. The normalized spacial score (nSPS) is 10.3. The highest BCUT2D eigenvalue weighted by atomic mass is 16.5. The zero-order chi connectivity index (χ0) is 19.1. The number of hydrogen-bond acceptors (Lipinski definition) is 4. The van der Waals surface area contributed by atoms with E-state index in [4.69, 9.17) is 4.74 Å². The molecule has 27 heavy (non-hydrogen) atoms. The average molecular weight is 361 g/mol. The highest BCUT2D eigenvalue weighted by Crippen LogP contribution is 2.19. The van der Waals surface area contributed by atoms with Gasteiger partial charge in [-0.05, 0) is 42.7 Å². The number of benzene rings is 2. The first kappa shape index (κ1) is 18.5. The van der Waals surface area contributed by atoms with Crippen LogP contribution >= 0.6 is 0 Å². The molecule has 0 bridgehead atoms. The number of pyridine rings is 1. The highest BCUT2D eigenvalue weighted by Gasteiger charge is 2.09. The van der Waals surface area contributed by atoms with Crippen molar-refractivity contribution in [2.45, 2.75) is 13.3 Å². The van der Waals surface area contributed by atoms with Crippen LogP contribution in [0.4, 0.5) is 11.4 Å². The molecular weight excluding hydrogens is 338 g/mol. The Labute approximate surface area is 159 Å². The van der Waals surface area contributed by atoms with Crippen LogP contribution in [0.25, 0.3) is 0 Å². The summed E-state index contributed by atoms with van der Waals surface area (Å²) >= 11 is 0. The van der Waals surface area contributed by atoms with E-state index in [9.17, 15) is 4.79 Å². The number of rotatable bonds is 7. The molecule has 2 aromatic carbocycles. The largest absolute Gasteiger partial charge is 0.496 e. The smallest absolute Gasteiger partial charge is 0.257 e. The topological polar surface area (TPSA) is 63.2 Å². The predicted octanol–water partition coefficient (Wildman–Crippen LogP) is 4.31. The number of para-hydroxylation sites is 2. The molecule has 5 nitrogen and oxygen atoms in total. The van der Waals surface area contributed by atoms with Gasteiger partial charge in [-0.1, -0.05) is 36.4 Å². The Morgan fingerprint density at radius 3 is 2.67 bits per heavy atom. The van der Waals surface area contributed by atoms with E-state index in [0.717, 1.165) is 34.7 Å². The van der Waals surface area contributed by atoms with Gasteiger partial charge in [-0.2, -0.15) is 0 Å². The lowest BCUT2D eigenvalue weighted by atomic mass is 10.1. The van der Waals surface area contributed by atoms with Crippen molar-refractivity contribution in [2.24, 2.45) is 0 Å². The van der Waals surface area contributed by atoms with Crippen LogP contribution < -0.4 is 15.4 Å². The molecule has 5 heteroatoms. The molecule has 2 N–H and O–H groups in total. The molecular formula is C22H23N3O2. The van der Waals surface area contributed by atoms with E-state index < -0.39 is 0 Å². The SMILES string of the molecule is COc1ccccc1CCNc1cncc(C(=O)Nc2ccccc2C)c1. The predicted molar refractivity (Wildman–Crippen MR) is 109 cm³/mol. The summed E-state index contributed by atoms with van der Waals surface area (Å²) < 4.78 is 5.37. The van der Waals surface area contributed by atoms with Crippen molar-refractivity contribution in [3.8, 4) is 5.75 Å². The van der Waals surface area contributed by atoms with Crippen LogP contribution in [-0.2, 0) is 6.42 Å². The number of nitrogens with one attached hydrogen (secondary N) is 2. The van der Waals surface area contributed by atoms with Crippen LogP contribution in [0.15, 0.2) is 67.0 Å². The maximum absolute atomic E-state index is 12.5. The molecule has 0 unspecified atom stereocenters. The number of hydrogen-bond donors (Lipinski definition) is 2. The standard InChI is InChI=1S/C22H23N3O2/c1-16-7-3-5-9-20(16)25-22(26)18-13-19(15-23-14-18)24-12-11-17-8-4-6-10-21(17)27-2/h3-10,13-15,24H,11-12H2,1-2H3,(H,25,26). The Morgan fingerprint density at radius 2 is 1.85 bits per heavy atom. The Hall–Kier alpha value is -3.34. The molecule has 1 heterocycles. The second-order valence-corrected chi connectivity index (χ2v) is 6.22. The molecule has 0 atom stereocenters. The first-order chi connectivity index (χ1) is 13.2. The Bertz CT molecular complexity index is 925. The van der Waals surface area contributed by atoms with Gasteiger partial charge in [0.2, 0.25) is 0 Å². The molecule has 1 aromatic heterocycles. The molecule has 0 aliphatic heterocycles. The number of nitrogens with zero attached hydrogens (tertiary/aromatic N) is 1. The van der Waals surface area contributed by atoms with Gasteiger partial charge in [-0.15, -0.1) is 0 Å². The molecule has 0 radical (unpaired) electrons. The summed E-state index contributed by atoms with van der Waals surface area (Å²) in [6.45, 7) is 2.68. The fourth-order valence-electron chi connectivity index (χ4n) is 2.82. The molecule has 0 saturated heterocycles. The third-order valence-corrected chi connectivity index (χ3v) is 4.31. The van der Waals surface area contributed by atoms with Crippen molar-refractivity contribution in [1.29, 1.82) is 0 Å². The van der Waals surface area contributed by atoms with E-state index in [1.54, 1.807) is 19.5 Å². The van der Waals surface area contributed by atoms with E-state index in [-0.39, 0.29) is 5.91 Å². The summed E-state index contributed by atoms with van der Waals surface area (Å²) in [5.74, 6) is 0.703. The number of ether oxygens (including phenoxy) is 1. The highest BCUT2D eigenvalue weighted by molar-refractivity contribution is 6.04. The fraction of sp³-hybridized carbons (Fsp3) is 0.182. The van der Waals surface area contributed by atoms with Crippen molar-refractivity contribution in [3.05, 3.63) is 83.7 Å². The van der Waals surface area contributed by atoms with Crippen LogP contribution in [0.1, 0.15) is 21.5 Å². The summed E-state index contributed by atoms with van der Waals surface area (Å²) in [6.07, 6.45) is 4.09. The van der Waals surface area contributed by atoms with Gasteiger partial charge < -0.3 is 15.4 Å². The van der Waals surface area contributed by atoms with Gasteiger partial charge in [-0.3, -0.25) is 9.78 Å². The van der Waals surface area contributed by atoms with E-state index in [1.165, 1.54) is 0 Å². The molecule has 0 aliphatic carbocycles. The summed E-state index contributed by atoms with van der Waals surface area (Å²) in [7, 11) is 1.67. The van der Waals surface area contributed by atoms with Gasteiger partial charge in [0.1, 0.15) is 5.75 Å². The summed E-state index contributed by atoms with van der Waals surface area (Å²) in [4.78, 5) is 16.7. The molecule has 138 valence electrons. The van der Waals surface area contributed by atoms with Gasteiger partial charge in [0.25, 0.3) is 5.91 Å². The van der Waals surface area contributed by atoms with Crippen molar-refractivity contribution < 1.29 is 9.53 Å². The van der Waals surface area contributed by atoms with Gasteiger partial charge in [0, 0.05) is 24.6 Å². The molecule has 1 amide bonds. The second kappa shape index (κ2) is 8.85. The molecule has 3 rings (SSSR count). The minimum atomic E-state index is -0.176. The third-order valence-electron chi connectivity index (χ3n) is 4.31. The van der Waals surface area contributed by atoms with Crippen molar-refractivity contribution in [3.63, 3.8) is 0 Å². The van der Waals surface area contributed by atoms with Crippen LogP contribution in [-0.4, -0.2) is 24.5 Å².